The van der Waals surface area contributed by atoms with Gasteiger partial charge in [0.25, 0.3) is 5.78 Å². The summed E-state index contributed by atoms with van der Waals surface area (Å²) < 4.78 is 34.2. The Morgan fingerprint density at radius 3 is 2.71 bits per heavy atom. The summed E-state index contributed by atoms with van der Waals surface area (Å²) in [6.45, 7) is 8.89. The van der Waals surface area contributed by atoms with Gasteiger partial charge in [-0.2, -0.15) is 4.98 Å². The van der Waals surface area contributed by atoms with Crippen molar-refractivity contribution >= 4 is 17.8 Å². The van der Waals surface area contributed by atoms with Gasteiger partial charge in [-0.3, -0.25) is 0 Å². The highest BCUT2D eigenvalue weighted by atomic mass is 16.7. The van der Waals surface area contributed by atoms with E-state index < -0.39 is 42.1 Å². The van der Waals surface area contributed by atoms with Crippen LogP contribution in [0.2, 0.25) is 0 Å². The summed E-state index contributed by atoms with van der Waals surface area (Å²) in [7, 11) is 0. The molecule has 9 rings (SSSR count). The normalized spacial score (nSPS) is 33.0. The Morgan fingerprint density at radius 1 is 1.06 bits per heavy atom. The third-order valence-corrected chi connectivity index (χ3v) is 11.9. The van der Waals surface area contributed by atoms with E-state index in [1.165, 1.54) is 11.1 Å². The summed E-state index contributed by atoms with van der Waals surface area (Å²) in [6, 6.07) is 15.0. The lowest BCUT2D eigenvalue weighted by atomic mass is 9.53. The Hall–Kier alpha value is -4.81. The molecule has 2 saturated heterocycles. The van der Waals surface area contributed by atoms with E-state index in [-0.39, 0.29) is 29.9 Å². The van der Waals surface area contributed by atoms with Crippen molar-refractivity contribution < 1.29 is 33.3 Å². The van der Waals surface area contributed by atoms with E-state index in [1.807, 2.05) is 43.0 Å². The fourth-order valence-electron chi connectivity index (χ4n) is 9.26. The maximum absolute atomic E-state index is 13.6. The van der Waals surface area contributed by atoms with Crippen molar-refractivity contribution in [1.82, 2.24) is 24.5 Å². The smallest absolute Gasteiger partial charge is 0.410 e. The quantitative estimate of drug-likeness (QED) is 0.192. The first-order chi connectivity index (χ1) is 24.8. The fourth-order valence-corrected chi connectivity index (χ4v) is 9.26. The highest BCUT2D eigenvalue weighted by Gasteiger charge is 2.66. The van der Waals surface area contributed by atoms with Crippen LogP contribution in [0.1, 0.15) is 66.2 Å². The van der Waals surface area contributed by atoms with E-state index in [1.54, 1.807) is 35.1 Å². The molecule has 1 amide bonds. The van der Waals surface area contributed by atoms with Crippen molar-refractivity contribution in [3.05, 3.63) is 101 Å². The number of carbonyl (C=O) groups is 2. The summed E-state index contributed by atoms with van der Waals surface area (Å²) in [5.41, 5.74) is 3.52. The molecular weight excluding hydrogens is 650 g/mol. The number of hydrogen-bond donors (Lipinski definition) is 0. The molecule has 12 nitrogen and oxygen atoms in total. The number of likely N-dealkylation sites (tertiary alicyclic amines) is 1. The molecule has 12 heteroatoms. The van der Waals surface area contributed by atoms with E-state index in [2.05, 4.69) is 37.0 Å². The van der Waals surface area contributed by atoms with E-state index in [0.717, 1.165) is 17.7 Å². The number of piperidine rings is 1. The molecule has 4 unspecified atom stereocenters. The van der Waals surface area contributed by atoms with Gasteiger partial charge in [-0.25, -0.2) is 19.1 Å². The Balaban J connectivity index is 1.09. The number of benzene rings is 2. The average molecular weight is 692 g/mol. The number of rotatable bonds is 6. The zero-order valence-corrected chi connectivity index (χ0v) is 29.0. The summed E-state index contributed by atoms with van der Waals surface area (Å²) in [5.74, 6) is 1.09. The lowest BCUT2D eigenvalue weighted by Crippen LogP contribution is -2.67. The molecule has 3 aliphatic heterocycles. The van der Waals surface area contributed by atoms with Gasteiger partial charge >= 0.3 is 12.1 Å². The predicted octanol–water partition coefficient (Wildman–Crippen LogP) is 5.39. The molecule has 0 radical (unpaired) electrons. The highest BCUT2D eigenvalue weighted by molar-refractivity contribution is 5.89. The zero-order valence-electron chi connectivity index (χ0n) is 29.0. The molecular formula is C39H41N5O7. The largest absolute Gasteiger partial charge is 0.486 e. The first-order valence-corrected chi connectivity index (χ1v) is 17.9. The van der Waals surface area contributed by atoms with Crippen molar-refractivity contribution in [2.45, 2.75) is 82.7 Å². The van der Waals surface area contributed by atoms with Crippen LogP contribution in [-0.4, -0.2) is 80.3 Å². The third kappa shape index (κ3) is 4.90. The number of nitrogens with zero attached hydrogens (tertiary/aromatic N) is 5. The maximum atomic E-state index is 13.6. The van der Waals surface area contributed by atoms with Crippen LogP contribution in [0.15, 0.2) is 73.1 Å². The van der Waals surface area contributed by atoms with Crippen molar-refractivity contribution in [2.24, 2.45) is 17.8 Å². The molecule has 5 aliphatic rings. The molecule has 4 aromatic rings. The van der Waals surface area contributed by atoms with Crippen LogP contribution in [-0.2, 0) is 30.8 Å². The van der Waals surface area contributed by atoms with E-state index >= 15 is 0 Å². The Labute approximate surface area is 295 Å². The van der Waals surface area contributed by atoms with Crippen LogP contribution in [0.25, 0.3) is 5.78 Å². The van der Waals surface area contributed by atoms with Crippen LogP contribution >= 0.6 is 0 Å². The molecule has 0 N–H and O–H groups in total. The molecule has 2 aromatic heterocycles. The minimum atomic E-state index is -0.970. The Kier molecular flexibility index (Phi) is 7.66. The number of aromatic nitrogens is 4. The van der Waals surface area contributed by atoms with Crippen molar-refractivity contribution in [3.8, 4) is 5.75 Å². The Morgan fingerprint density at radius 2 is 1.90 bits per heavy atom. The summed E-state index contributed by atoms with van der Waals surface area (Å²) >= 11 is 0. The molecule has 0 saturated carbocycles. The summed E-state index contributed by atoms with van der Waals surface area (Å²) in [5, 5.41) is 4.70. The van der Waals surface area contributed by atoms with Gasteiger partial charge in [0.2, 0.25) is 0 Å². The first kappa shape index (κ1) is 32.1. The zero-order chi connectivity index (χ0) is 35.0. The minimum Gasteiger partial charge on any atom is -0.486 e. The average Bonchev–Trinajstić information content (AvgIpc) is 3.73. The number of ether oxygens (including phenoxy) is 5. The summed E-state index contributed by atoms with van der Waals surface area (Å²) in [6.07, 6.45) is 5.65. The van der Waals surface area contributed by atoms with Gasteiger partial charge in [-0.1, -0.05) is 56.3 Å². The molecule has 2 aliphatic carbocycles. The van der Waals surface area contributed by atoms with Crippen LogP contribution < -0.4 is 4.74 Å². The standard InChI is InChI=1S/C39H41N5O7/c1-5-47-38(46)43-19-16-39-26-14-15-28(33(39)49-30-21(2)12-13-25(29(30)39)20-27(26)43)48-36-32(50-35(45)24-10-7-6-8-11-24)23(4)22(3)31(51-36)34-41-37-40-17-9-18-44(37)42-34/h6-15,17-18,22-23,26-28,31-33,36H,5,16,19-20H2,1-4H3/t22-,23+,26?,27-,28?,31?,32?,33+,36-,39+/m1/s1. The number of aryl methyl sites for hydroxylation is 1. The second-order valence-electron chi connectivity index (χ2n) is 14.5. The van der Waals surface area contributed by atoms with Crippen LogP contribution in [0, 0.1) is 24.7 Å². The van der Waals surface area contributed by atoms with Gasteiger partial charge in [0, 0.05) is 47.8 Å². The van der Waals surface area contributed by atoms with Crippen molar-refractivity contribution in [1.29, 1.82) is 0 Å². The molecule has 10 atom stereocenters. The number of esters is 1. The van der Waals surface area contributed by atoms with E-state index in [4.69, 9.17) is 33.8 Å². The van der Waals surface area contributed by atoms with E-state index in [0.29, 0.717) is 36.7 Å². The van der Waals surface area contributed by atoms with Crippen LogP contribution in [0.3, 0.4) is 0 Å². The second-order valence-corrected chi connectivity index (χ2v) is 14.5. The lowest BCUT2D eigenvalue weighted by Gasteiger charge is -2.57. The number of carbonyl (C=O) groups excluding carboxylic acids is 2. The lowest BCUT2D eigenvalue weighted by molar-refractivity contribution is -0.290. The molecule has 264 valence electrons. The first-order valence-electron chi connectivity index (χ1n) is 17.9. The topological polar surface area (TPSA) is 127 Å². The van der Waals surface area contributed by atoms with Crippen LogP contribution in [0.4, 0.5) is 4.79 Å². The van der Waals surface area contributed by atoms with E-state index in [9.17, 15) is 9.59 Å². The minimum absolute atomic E-state index is 0.0106. The molecule has 2 fully saturated rings. The summed E-state index contributed by atoms with van der Waals surface area (Å²) in [4.78, 5) is 37.7. The van der Waals surface area contributed by atoms with Gasteiger partial charge in [0.05, 0.1) is 12.2 Å². The van der Waals surface area contributed by atoms with Gasteiger partial charge < -0.3 is 28.6 Å². The SMILES string of the molecule is CCOC(=O)N1CC[C@]23c4c5ccc(C)c4O[C@H]2C(O[C@@H]2OC(c4nc6ncccn6n4)[C@H](C)[C@H](C)C2OC(=O)c2ccccc2)C=CC3[C@H]1C5. The van der Waals surface area contributed by atoms with Crippen molar-refractivity contribution in [2.75, 3.05) is 13.2 Å². The fraction of sp³-hybridized carbons (Fsp3) is 0.462. The van der Waals surface area contributed by atoms with Gasteiger partial charge in [-0.05, 0) is 61.9 Å². The molecule has 1 spiro atoms. The molecule has 2 aromatic carbocycles. The molecule has 51 heavy (non-hydrogen) atoms. The van der Waals surface area contributed by atoms with Gasteiger partial charge in [0.1, 0.15) is 24.1 Å². The monoisotopic (exact) mass is 691 g/mol. The van der Waals surface area contributed by atoms with Crippen molar-refractivity contribution in [3.63, 3.8) is 0 Å². The number of amides is 1. The van der Waals surface area contributed by atoms with Gasteiger partial charge in [0.15, 0.2) is 18.2 Å². The van der Waals surface area contributed by atoms with Crippen LogP contribution in [0.5, 0.6) is 5.75 Å². The molecule has 5 heterocycles. The second kappa shape index (κ2) is 12.2. The van der Waals surface area contributed by atoms with Gasteiger partial charge in [-0.15, -0.1) is 5.10 Å². The number of hydrogen-bond acceptors (Lipinski definition) is 10. The maximum Gasteiger partial charge on any atom is 0.410 e. The third-order valence-electron chi connectivity index (χ3n) is 11.9. The predicted molar refractivity (Wildman–Crippen MR) is 183 cm³/mol. The Bertz CT molecular complexity index is 2000. The number of fused-ring (bicyclic) bond motifs is 1. The molecule has 2 bridgehead atoms. The highest BCUT2D eigenvalue weighted by Crippen LogP contribution is 2.62.